The van der Waals surface area contributed by atoms with Gasteiger partial charge in [-0.05, 0) is 56.3 Å². The molecule has 4 bridgehead atoms. The highest BCUT2D eigenvalue weighted by atomic mass is 79.9. The summed E-state index contributed by atoms with van der Waals surface area (Å²) in [6, 6.07) is 0. The Morgan fingerprint density at radius 2 is 1.62 bits per heavy atom. The number of hydrogen-bond acceptors (Lipinski definition) is 1. The van der Waals surface area contributed by atoms with Crippen LogP contribution >= 0.6 is 15.9 Å². The molecule has 16 heavy (non-hydrogen) atoms. The lowest BCUT2D eigenvalue weighted by molar-refractivity contribution is -0.126. The van der Waals surface area contributed by atoms with E-state index in [2.05, 4.69) is 21.2 Å². The Kier molecular flexibility index (Phi) is 2.77. The van der Waals surface area contributed by atoms with E-state index in [1.807, 2.05) is 0 Å². The molecule has 0 heterocycles. The summed E-state index contributed by atoms with van der Waals surface area (Å²) >= 11 is 3.34. The molecule has 3 heteroatoms. The maximum absolute atomic E-state index is 11.8. The predicted octanol–water partition coefficient (Wildman–Crippen LogP) is 2.86. The summed E-state index contributed by atoms with van der Waals surface area (Å²) in [7, 11) is 0. The van der Waals surface area contributed by atoms with Crippen molar-refractivity contribution < 1.29 is 4.79 Å². The van der Waals surface area contributed by atoms with Crippen molar-refractivity contribution >= 4 is 21.8 Å². The first-order chi connectivity index (χ1) is 7.69. The second kappa shape index (κ2) is 4.01. The van der Waals surface area contributed by atoms with Crippen LogP contribution in [0.3, 0.4) is 0 Å². The van der Waals surface area contributed by atoms with Gasteiger partial charge in [0.2, 0.25) is 5.91 Å². The zero-order valence-corrected chi connectivity index (χ0v) is 11.3. The summed E-state index contributed by atoms with van der Waals surface area (Å²) in [5.74, 6) is 2.99. The van der Waals surface area contributed by atoms with Gasteiger partial charge in [0.1, 0.15) is 0 Å². The third-order valence-corrected chi connectivity index (χ3v) is 5.16. The smallest absolute Gasteiger partial charge is 0.221 e. The fourth-order valence-electron chi connectivity index (χ4n) is 4.71. The standard InChI is InChI=1S/C13H20BrNO/c14-2-1-12(16)15-13-6-9-3-10(7-13)5-11(4-9)8-13/h9-11H,1-8H2,(H,15,16). The molecule has 0 aromatic heterocycles. The van der Waals surface area contributed by atoms with E-state index in [0.717, 1.165) is 23.1 Å². The summed E-state index contributed by atoms with van der Waals surface area (Å²) in [6.07, 6.45) is 8.71. The van der Waals surface area contributed by atoms with E-state index >= 15 is 0 Å². The molecule has 2 nitrogen and oxygen atoms in total. The second-order valence-electron chi connectivity index (χ2n) is 6.19. The molecular formula is C13H20BrNO. The van der Waals surface area contributed by atoms with Crippen LogP contribution in [0.5, 0.6) is 0 Å². The lowest BCUT2D eigenvalue weighted by Crippen LogP contribution is -2.59. The van der Waals surface area contributed by atoms with Crippen LogP contribution in [0, 0.1) is 17.8 Å². The first-order valence-corrected chi connectivity index (χ1v) is 7.68. The van der Waals surface area contributed by atoms with Crippen LogP contribution in [0.2, 0.25) is 0 Å². The van der Waals surface area contributed by atoms with Gasteiger partial charge in [-0.25, -0.2) is 0 Å². The first-order valence-electron chi connectivity index (χ1n) is 6.56. The van der Waals surface area contributed by atoms with Crippen LogP contribution in [0.4, 0.5) is 0 Å². The zero-order chi connectivity index (χ0) is 11.2. The van der Waals surface area contributed by atoms with Crippen LogP contribution < -0.4 is 5.32 Å². The van der Waals surface area contributed by atoms with Gasteiger partial charge in [0, 0.05) is 17.3 Å². The van der Waals surface area contributed by atoms with Gasteiger partial charge in [-0.1, -0.05) is 15.9 Å². The van der Waals surface area contributed by atoms with Crippen molar-refractivity contribution in [2.45, 2.75) is 50.5 Å². The molecule has 4 saturated carbocycles. The Balaban J connectivity index is 1.71. The number of carbonyl (C=O) groups is 1. The summed E-state index contributed by atoms with van der Waals surface area (Å²) in [5.41, 5.74) is 0.202. The van der Waals surface area contributed by atoms with Crippen LogP contribution in [-0.2, 0) is 4.79 Å². The molecule has 1 N–H and O–H groups in total. The Labute approximate surface area is 106 Å². The number of amides is 1. The number of halogens is 1. The highest BCUT2D eigenvalue weighted by molar-refractivity contribution is 9.09. The first kappa shape index (κ1) is 11.1. The Morgan fingerprint density at radius 3 is 2.06 bits per heavy atom. The predicted molar refractivity (Wildman–Crippen MR) is 67.5 cm³/mol. The van der Waals surface area contributed by atoms with Crippen LogP contribution in [-0.4, -0.2) is 16.8 Å². The summed E-state index contributed by atoms with van der Waals surface area (Å²) in [5, 5.41) is 4.14. The molecule has 1 amide bonds. The number of hydrogen-bond donors (Lipinski definition) is 1. The van der Waals surface area contributed by atoms with E-state index in [4.69, 9.17) is 0 Å². The molecule has 0 saturated heterocycles. The number of nitrogens with one attached hydrogen (secondary N) is 1. The molecule has 0 aliphatic heterocycles. The quantitative estimate of drug-likeness (QED) is 0.794. The molecule has 4 rings (SSSR count). The molecule has 0 atom stereocenters. The summed E-state index contributed by atoms with van der Waals surface area (Å²) in [4.78, 5) is 11.8. The fraction of sp³-hybridized carbons (Fsp3) is 0.923. The average Bonchev–Trinajstić information content (AvgIpc) is 2.13. The number of rotatable bonds is 3. The van der Waals surface area contributed by atoms with Gasteiger partial charge in [0.25, 0.3) is 0 Å². The van der Waals surface area contributed by atoms with E-state index < -0.39 is 0 Å². The molecule has 4 aliphatic carbocycles. The van der Waals surface area contributed by atoms with Gasteiger partial charge < -0.3 is 5.32 Å². The Bertz CT molecular complexity index is 267. The van der Waals surface area contributed by atoms with Crippen LogP contribution in [0.15, 0.2) is 0 Å². The minimum Gasteiger partial charge on any atom is -0.351 e. The van der Waals surface area contributed by atoms with Crippen molar-refractivity contribution in [3.63, 3.8) is 0 Å². The molecule has 0 radical (unpaired) electrons. The summed E-state index contributed by atoms with van der Waals surface area (Å²) in [6.45, 7) is 0. The normalized spacial score (nSPS) is 44.7. The maximum Gasteiger partial charge on any atom is 0.221 e. The number of carbonyl (C=O) groups excluding carboxylic acids is 1. The van der Waals surface area contributed by atoms with Crippen LogP contribution in [0.1, 0.15) is 44.9 Å². The minimum atomic E-state index is 0.202. The van der Waals surface area contributed by atoms with Crippen molar-refractivity contribution in [1.82, 2.24) is 5.32 Å². The van der Waals surface area contributed by atoms with Gasteiger partial charge in [0.15, 0.2) is 0 Å². The molecule has 0 aromatic rings. The monoisotopic (exact) mass is 285 g/mol. The number of alkyl halides is 1. The van der Waals surface area contributed by atoms with Gasteiger partial charge in [-0.2, -0.15) is 0 Å². The Morgan fingerprint density at radius 1 is 1.12 bits per heavy atom. The van der Waals surface area contributed by atoms with Crippen molar-refractivity contribution in [2.24, 2.45) is 17.8 Å². The molecular weight excluding hydrogens is 266 g/mol. The molecule has 4 aliphatic rings. The van der Waals surface area contributed by atoms with Crippen molar-refractivity contribution in [3.8, 4) is 0 Å². The third kappa shape index (κ3) is 1.92. The van der Waals surface area contributed by atoms with Crippen molar-refractivity contribution in [2.75, 3.05) is 5.33 Å². The molecule has 0 spiro atoms. The van der Waals surface area contributed by atoms with E-state index in [1.54, 1.807) is 0 Å². The second-order valence-corrected chi connectivity index (χ2v) is 6.98. The Hall–Kier alpha value is -0.0500. The van der Waals surface area contributed by atoms with E-state index in [-0.39, 0.29) is 11.4 Å². The molecule has 0 unspecified atom stereocenters. The van der Waals surface area contributed by atoms with E-state index in [0.29, 0.717) is 6.42 Å². The molecule has 90 valence electrons. The maximum atomic E-state index is 11.8. The average molecular weight is 286 g/mol. The summed E-state index contributed by atoms with van der Waals surface area (Å²) < 4.78 is 0. The molecule has 4 fully saturated rings. The largest absolute Gasteiger partial charge is 0.351 e. The van der Waals surface area contributed by atoms with Crippen molar-refractivity contribution in [1.29, 1.82) is 0 Å². The van der Waals surface area contributed by atoms with E-state index in [1.165, 1.54) is 38.5 Å². The third-order valence-electron chi connectivity index (χ3n) is 4.76. The lowest BCUT2D eigenvalue weighted by atomic mass is 9.53. The SMILES string of the molecule is O=C(CCBr)NC12CC3CC(CC(C3)C1)C2. The zero-order valence-electron chi connectivity index (χ0n) is 9.68. The molecule has 0 aromatic carbocycles. The highest BCUT2D eigenvalue weighted by Crippen LogP contribution is 2.55. The highest BCUT2D eigenvalue weighted by Gasteiger charge is 2.51. The van der Waals surface area contributed by atoms with Crippen molar-refractivity contribution in [3.05, 3.63) is 0 Å². The van der Waals surface area contributed by atoms with Gasteiger partial charge in [0.05, 0.1) is 0 Å². The topological polar surface area (TPSA) is 29.1 Å². The lowest BCUT2D eigenvalue weighted by Gasteiger charge is -2.56. The minimum absolute atomic E-state index is 0.202. The van der Waals surface area contributed by atoms with Crippen LogP contribution in [0.25, 0.3) is 0 Å². The fourth-order valence-corrected chi connectivity index (χ4v) is 5.07. The van der Waals surface area contributed by atoms with E-state index in [9.17, 15) is 4.79 Å². The van der Waals surface area contributed by atoms with Gasteiger partial charge in [-0.15, -0.1) is 0 Å². The van der Waals surface area contributed by atoms with Gasteiger partial charge in [-0.3, -0.25) is 4.79 Å². The van der Waals surface area contributed by atoms with Gasteiger partial charge >= 0.3 is 0 Å².